The lowest BCUT2D eigenvalue weighted by atomic mass is 10.2. The fourth-order valence-electron chi connectivity index (χ4n) is 0.969. The molecule has 0 saturated heterocycles. The van der Waals surface area contributed by atoms with E-state index in [2.05, 4.69) is 11.4 Å². The molecule has 1 aromatic carbocycles. The number of benzene rings is 1. The third-order valence-electron chi connectivity index (χ3n) is 1.78. The SMILES string of the molecule is CC(C#N)NCc1ccccc1O. The second-order valence-corrected chi connectivity index (χ2v) is 2.86. The van der Waals surface area contributed by atoms with Crippen LogP contribution in [-0.4, -0.2) is 11.1 Å². The summed E-state index contributed by atoms with van der Waals surface area (Å²) in [6.07, 6.45) is 0. The maximum Gasteiger partial charge on any atom is 0.120 e. The Balaban J connectivity index is 2.56. The molecule has 0 heterocycles. The molecule has 68 valence electrons. The summed E-state index contributed by atoms with van der Waals surface area (Å²) in [4.78, 5) is 0. The molecule has 1 atom stereocenters. The molecule has 2 N–H and O–H groups in total. The first kappa shape index (κ1) is 9.56. The average molecular weight is 176 g/mol. The third kappa shape index (κ3) is 2.77. The van der Waals surface area contributed by atoms with Gasteiger partial charge in [0.15, 0.2) is 0 Å². The van der Waals surface area contributed by atoms with E-state index in [0.29, 0.717) is 6.54 Å². The summed E-state index contributed by atoms with van der Waals surface area (Å²) in [6.45, 7) is 2.29. The molecule has 1 unspecified atom stereocenters. The molecule has 0 aliphatic rings. The van der Waals surface area contributed by atoms with Gasteiger partial charge in [-0.2, -0.15) is 5.26 Å². The van der Waals surface area contributed by atoms with Crippen molar-refractivity contribution >= 4 is 0 Å². The molecule has 0 bridgehead atoms. The molecule has 0 spiro atoms. The van der Waals surface area contributed by atoms with Gasteiger partial charge in [-0.25, -0.2) is 0 Å². The molecule has 1 rings (SSSR count). The van der Waals surface area contributed by atoms with Crippen LogP contribution in [-0.2, 0) is 6.54 Å². The van der Waals surface area contributed by atoms with Crippen LogP contribution in [0.15, 0.2) is 24.3 Å². The van der Waals surface area contributed by atoms with Gasteiger partial charge >= 0.3 is 0 Å². The summed E-state index contributed by atoms with van der Waals surface area (Å²) in [5.74, 6) is 0.264. The summed E-state index contributed by atoms with van der Waals surface area (Å²) in [7, 11) is 0. The van der Waals surface area contributed by atoms with E-state index in [9.17, 15) is 5.11 Å². The molecule has 0 aliphatic carbocycles. The molecule has 0 saturated carbocycles. The van der Waals surface area contributed by atoms with E-state index in [1.54, 1.807) is 19.1 Å². The second kappa shape index (κ2) is 4.48. The molecule has 0 aliphatic heterocycles. The zero-order valence-corrected chi connectivity index (χ0v) is 7.49. The van der Waals surface area contributed by atoms with Crippen LogP contribution in [0.3, 0.4) is 0 Å². The van der Waals surface area contributed by atoms with Crippen molar-refractivity contribution in [1.29, 1.82) is 5.26 Å². The Bertz CT molecular complexity index is 317. The Labute approximate surface area is 77.6 Å². The first-order chi connectivity index (χ1) is 6.24. The van der Waals surface area contributed by atoms with Crippen molar-refractivity contribution in [3.63, 3.8) is 0 Å². The number of hydrogen-bond acceptors (Lipinski definition) is 3. The summed E-state index contributed by atoms with van der Waals surface area (Å²) < 4.78 is 0. The van der Waals surface area contributed by atoms with Crippen LogP contribution in [0.1, 0.15) is 12.5 Å². The zero-order valence-electron chi connectivity index (χ0n) is 7.49. The molecular weight excluding hydrogens is 164 g/mol. The van der Waals surface area contributed by atoms with Crippen molar-refractivity contribution in [2.45, 2.75) is 19.5 Å². The predicted molar refractivity (Wildman–Crippen MR) is 50.0 cm³/mol. The summed E-state index contributed by atoms with van der Waals surface area (Å²) >= 11 is 0. The van der Waals surface area contributed by atoms with E-state index < -0.39 is 0 Å². The monoisotopic (exact) mass is 176 g/mol. The zero-order chi connectivity index (χ0) is 9.68. The van der Waals surface area contributed by atoms with Crippen molar-refractivity contribution in [2.24, 2.45) is 0 Å². The molecule has 3 nitrogen and oxygen atoms in total. The van der Waals surface area contributed by atoms with Gasteiger partial charge in [0, 0.05) is 12.1 Å². The lowest BCUT2D eigenvalue weighted by Crippen LogP contribution is -2.23. The highest BCUT2D eigenvalue weighted by molar-refractivity contribution is 5.31. The van der Waals surface area contributed by atoms with Crippen molar-refractivity contribution < 1.29 is 5.11 Å². The largest absolute Gasteiger partial charge is 0.508 e. The Morgan fingerprint density at radius 1 is 1.54 bits per heavy atom. The summed E-state index contributed by atoms with van der Waals surface area (Å²) in [5, 5.41) is 20.8. The molecular formula is C10H12N2O. The van der Waals surface area contributed by atoms with Gasteiger partial charge in [0.25, 0.3) is 0 Å². The van der Waals surface area contributed by atoms with E-state index in [-0.39, 0.29) is 11.8 Å². The molecule has 0 amide bonds. The minimum absolute atomic E-state index is 0.195. The van der Waals surface area contributed by atoms with Crippen molar-refractivity contribution in [1.82, 2.24) is 5.32 Å². The Kier molecular flexibility index (Phi) is 3.30. The van der Waals surface area contributed by atoms with E-state index in [1.165, 1.54) is 0 Å². The van der Waals surface area contributed by atoms with Crippen LogP contribution < -0.4 is 5.32 Å². The maximum atomic E-state index is 9.37. The van der Waals surface area contributed by atoms with Gasteiger partial charge in [0.05, 0.1) is 12.1 Å². The van der Waals surface area contributed by atoms with Gasteiger partial charge in [-0.3, -0.25) is 5.32 Å². The second-order valence-electron chi connectivity index (χ2n) is 2.86. The number of nitriles is 1. The number of aromatic hydroxyl groups is 1. The highest BCUT2D eigenvalue weighted by Gasteiger charge is 2.01. The Morgan fingerprint density at radius 2 is 2.23 bits per heavy atom. The highest BCUT2D eigenvalue weighted by Crippen LogP contribution is 2.14. The Hall–Kier alpha value is -1.53. The number of hydrogen-bond donors (Lipinski definition) is 2. The normalized spacial score (nSPS) is 12.0. The third-order valence-corrected chi connectivity index (χ3v) is 1.78. The Morgan fingerprint density at radius 3 is 2.85 bits per heavy atom. The first-order valence-corrected chi connectivity index (χ1v) is 4.14. The topological polar surface area (TPSA) is 56.0 Å². The average Bonchev–Trinajstić information content (AvgIpc) is 2.16. The number of para-hydroxylation sites is 1. The van der Waals surface area contributed by atoms with Gasteiger partial charge in [0.2, 0.25) is 0 Å². The fraction of sp³-hybridized carbons (Fsp3) is 0.300. The molecule has 0 aromatic heterocycles. The highest BCUT2D eigenvalue weighted by atomic mass is 16.3. The molecule has 0 radical (unpaired) electrons. The molecule has 3 heteroatoms. The standard InChI is InChI=1S/C10H12N2O/c1-8(6-11)12-7-9-4-2-3-5-10(9)13/h2-5,8,12-13H,7H2,1H3. The van der Waals surface area contributed by atoms with Crippen molar-refractivity contribution in [2.75, 3.05) is 0 Å². The van der Waals surface area contributed by atoms with Crippen LogP contribution in [0.4, 0.5) is 0 Å². The number of nitrogens with one attached hydrogen (secondary N) is 1. The summed E-state index contributed by atoms with van der Waals surface area (Å²) in [5.41, 5.74) is 0.810. The van der Waals surface area contributed by atoms with E-state index in [4.69, 9.17) is 5.26 Å². The van der Waals surface area contributed by atoms with Crippen LogP contribution in [0.25, 0.3) is 0 Å². The minimum atomic E-state index is -0.195. The van der Waals surface area contributed by atoms with Crippen LogP contribution >= 0.6 is 0 Å². The van der Waals surface area contributed by atoms with Crippen LogP contribution in [0.2, 0.25) is 0 Å². The van der Waals surface area contributed by atoms with Gasteiger partial charge < -0.3 is 5.11 Å². The van der Waals surface area contributed by atoms with E-state index >= 15 is 0 Å². The molecule has 0 fully saturated rings. The van der Waals surface area contributed by atoms with E-state index in [1.807, 2.05) is 12.1 Å². The minimum Gasteiger partial charge on any atom is -0.508 e. The lowest BCUT2D eigenvalue weighted by molar-refractivity contribution is 0.463. The number of nitrogens with zero attached hydrogens (tertiary/aromatic N) is 1. The van der Waals surface area contributed by atoms with Gasteiger partial charge in [-0.15, -0.1) is 0 Å². The van der Waals surface area contributed by atoms with Crippen molar-refractivity contribution in [3.8, 4) is 11.8 Å². The number of rotatable bonds is 3. The van der Waals surface area contributed by atoms with Crippen LogP contribution in [0.5, 0.6) is 5.75 Å². The quantitative estimate of drug-likeness (QED) is 0.731. The fourth-order valence-corrected chi connectivity index (χ4v) is 0.969. The van der Waals surface area contributed by atoms with Gasteiger partial charge in [0.1, 0.15) is 5.75 Å². The van der Waals surface area contributed by atoms with E-state index in [0.717, 1.165) is 5.56 Å². The number of phenolic OH excluding ortho intramolecular Hbond substituents is 1. The smallest absolute Gasteiger partial charge is 0.120 e. The first-order valence-electron chi connectivity index (χ1n) is 4.14. The van der Waals surface area contributed by atoms with Crippen LogP contribution in [0, 0.1) is 11.3 Å². The molecule has 1 aromatic rings. The maximum absolute atomic E-state index is 9.37. The van der Waals surface area contributed by atoms with Gasteiger partial charge in [-0.05, 0) is 13.0 Å². The van der Waals surface area contributed by atoms with Crippen molar-refractivity contribution in [3.05, 3.63) is 29.8 Å². The van der Waals surface area contributed by atoms with Gasteiger partial charge in [-0.1, -0.05) is 18.2 Å². The summed E-state index contributed by atoms with van der Waals surface area (Å²) in [6, 6.07) is 8.95. The molecule has 13 heavy (non-hydrogen) atoms. The lowest BCUT2D eigenvalue weighted by Gasteiger charge is -2.07. The number of phenols is 1. The predicted octanol–water partition coefficient (Wildman–Crippen LogP) is 1.39.